The number of nitrogens with zero attached hydrogens (tertiary/aromatic N) is 2. The zero-order valence-electron chi connectivity index (χ0n) is 12.9. The van der Waals surface area contributed by atoms with Crippen LogP contribution in [0, 0.1) is 11.6 Å². The van der Waals surface area contributed by atoms with Gasteiger partial charge in [-0.15, -0.1) is 0 Å². The summed E-state index contributed by atoms with van der Waals surface area (Å²) in [5, 5.41) is 0. The molecule has 0 radical (unpaired) electrons. The Morgan fingerprint density at radius 2 is 2.10 bits per heavy atom. The van der Waals surface area contributed by atoms with Gasteiger partial charge in [0.2, 0.25) is 0 Å². The Morgan fingerprint density at radius 1 is 1.33 bits per heavy atom. The summed E-state index contributed by atoms with van der Waals surface area (Å²) in [7, 11) is 2.12. The highest BCUT2D eigenvalue weighted by Gasteiger charge is 2.25. The second-order valence-corrected chi connectivity index (χ2v) is 5.92. The largest absolute Gasteiger partial charge is 0.323 e. The van der Waals surface area contributed by atoms with E-state index in [9.17, 15) is 8.78 Å². The maximum atomic E-state index is 13.8. The second-order valence-electron chi connectivity index (χ2n) is 5.92. The normalized spacial score (nSPS) is 23.0. The van der Waals surface area contributed by atoms with Crippen molar-refractivity contribution < 1.29 is 8.78 Å². The highest BCUT2D eigenvalue weighted by molar-refractivity contribution is 5.22. The lowest BCUT2D eigenvalue weighted by Gasteiger charge is -2.32. The van der Waals surface area contributed by atoms with Gasteiger partial charge in [-0.05, 0) is 39.0 Å². The van der Waals surface area contributed by atoms with Crippen LogP contribution in [0.2, 0.25) is 0 Å². The molecule has 2 rings (SSSR count). The van der Waals surface area contributed by atoms with Crippen LogP contribution in [0.3, 0.4) is 0 Å². The molecule has 21 heavy (non-hydrogen) atoms. The molecule has 1 saturated heterocycles. The minimum atomic E-state index is -0.828. The van der Waals surface area contributed by atoms with E-state index in [0.29, 0.717) is 12.6 Å². The van der Waals surface area contributed by atoms with E-state index < -0.39 is 17.7 Å². The van der Waals surface area contributed by atoms with Gasteiger partial charge >= 0.3 is 0 Å². The van der Waals surface area contributed by atoms with Crippen molar-refractivity contribution in [1.29, 1.82) is 0 Å². The first kappa shape index (κ1) is 16.3. The van der Waals surface area contributed by atoms with Crippen molar-refractivity contribution in [2.24, 2.45) is 5.73 Å². The lowest BCUT2D eigenvalue weighted by Crippen LogP contribution is -2.43. The summed E-state index contributed by atoms with van der Waals surface area (Å²) < 4.78 is 27.2. The fraction of sp³-hybridized carbons (Fsp3) is 0.625. The number of halogens is 2. The van der Waals surface area contributed by atoms with Crippen LogP contribution >= 0.6 is 0 Å². The number of hydrogen-bond acceptors (Lipinski definition) is 3. The standard InChI is InChI=1S/C16H25F2N3/c1-3-12-10-20(2)8-5-9-21(12)11-15(19)13-6-4-7-14(17)16(13)18/h4,6-7,12,15H,3,5,8-11,19H2,1-2H3. The molecule has 1 heterocycles. The van der Waals surface area contributed by atoms with Crippen molar-refractivity contribution in [2.75, 3.05) is 33.2 Å². The smallest absolute Gasteiger partial charge is 0.163 e. The van der Waals surface area contributed by atoms with E-state index in [1.807, 2.05) is 0 Å². The number of rotatable bonds is 4. The van der Waals surface area contributed by atoms with Crippen molar-refractivity contribution in [3.05, 3.63) is 35.4 Å². The monoisotopic (exact) mass is 297 g/mol. The van der Waals surface area contributed by atoms with Crippen molar-refractivity contribution in [3.63, 3.8) is 0 Å². The molecule has 118 valence electrons. The maximum Gasteiger partial charge on any atom is 0.163 e. The third kappa shape index (κ3) is 3.99. The van der Waals surface area contributed by atoms with Crippen LogP contribution < -0.4 is 5.73 Å². The Morgan fingerprint density at radius 3 is 2.81 bits per heavy atom. The summed E-state index contributed by atoms with van der Waals surface area (Å²) in [6, 6.07) is 4.13. The fourth-order valence-corrected chi connectivity index (χ4v) is 3.08. The van der Waals surface area contributed by atoms with Crippen molar-refractivity contribution in [3.8, 4) is 0 Å². The number of likely N-dealkylation sites (N-methyl/N-ethyl adjacent to an activating group) is 1. The first-order valence-electron chi connectivity index (χ1n) is 7.65. The predicted molar refractivity (Wildman–Crippen MR) is 81.1 cm³/mol. The van der Waals surface area contributed by atoms with Gasteiger partial charge in [0.25, 0.3) is 0 Å². The number of hydrogen-bond donors (Lipinski definition) is 1. The zero-order chi connectivity index (χ0) is 15.4. The number of nitrogens with two attached hydrogens (primary N) is 1. The molecule has 0 aromatic heterocycles. The third-order valence-electron chi connectivity index (χ3n) is 4.31. The number of benzene rings is 1. The van der Waals surface area contributed by atoms with E-state index >= 15 is 0 Å². The molecule has 0 saturated carbocycles. The molecule has 3 nitrogen and oxygen atoms in total. The van der Waals surface area contributed by atoms with Gasteiger partial charge < -0.3 is 10.6 Å². The van der Waals surface area contributed by atoms with Gasteiger partial charge in [0.15, 0.2) is 11.6 Å². The lowest BCUT2D eigenvalue weighted by molar-refractivity contribution is 0.173. The minimum Gasteiger partial charge on any atom is -0.323 e. The summed E-state index contributed by atoms with van der Waals surface area (Å²) in [4.78, 5) is 4.64. The molecule has 5 heteroatoms. The first-order chi connectivity index (χ1) is 10.0. The highest BCUT2D eigenvalue weighted by atomic mass is 19.2. The van der Waals surface area contributed by atoms with Crippen molar-refractivity contribution in [1.82, 2.24) is 9.80 Å². The average molecular weight is 297 g/mol. The Kier molecular flexibility index (Phi) is 5.67. The molecule has 2 N–H and O–H groups in total. The summed E-state index contributed by atoms with van der Waals surface area (Å²) in [5.41, 5.74) is 6.40. The molecule has 0 bridgehead atoms. The molecule has 1 aliphatic rings. The molecule has 0 spiro atoms. The Bertz CT molecular complexity index is 467. The predicted octanol–water partition coefficient (Wildman–Crippen LogP) is 2.38. The van der Waals surface area contributed by atoms with Crippen LogP contribution in [-0.4, -0.2) is 49.1 Å². The van der Waals surface area contributed by atoms with Gasteiger partial charge in [-0.1, -0.05) is 19.1 Å². The van der Waals surface area contributed by atoms with E-state index in [-0.39, 0.29) is 5.56 Å². The van der Waals surface area contributed by atoms with Gasteiger partial charge in [-0.25, -0.2) is 8.78 Å². The van der Waals surface area contributed by atoms with Crippen LogP contribution in [0.15, 0.2) is 18.2 Å². The summed E-state index contributed by atoms with van der Waals surface area (Å²) in [6.07, 6.45) is 2.11. The molecular weight excluding hydrogens is 272 g/mol. The van der Waals surface area contributed by atoms with E-state index in [0.717, 1.165) is 38.5 Å². The maximum absolute atomic E-state index is 13.8. The van der Waals surface area contributed by atoms with Crippen LogP contribution in [0.5, 0.6) is 0 Å². The topological polar surface area (TPSA) is 32.5 Å². The quantitative estimate of drug-likeness (QED) is 0.926. The fourth-order valence-electron chi connectivity index (χ4n) is 3.08. The summed E-state index contributed by atoms with van der Waals surface area (Å²) in [5.74, 6) is -1.64. The minimum absolute atomic E-state index is 0.266. The van der Waals surface area contributed by atoms with E-state index in [1.165, 1.54) is 6.07 Å². The van der Waals surface area contributed by atoms with Crippen LogP contribution in [-0.2, 0) is 0 Å². The third-order valence-corrected chi connectivity index (χ3v) is 4.31. The molecular formula is C16H25F2N3. The van der Waals surface area contributed by atoms with Gasteiger partial charge in [-0.2, -0.15) is 0 Å². The molecule has 1 fully saturated rings. The van der Waals surface area contributed by atoms with Gasteiger partial charge in [-0.3, -0.25) is 4.90 Å². The molecule has 2 atom stereocenters. The van der Waals surface area contributed by atoms with Crippen LogP contribution in [0.1, 0.15) is 31.4 Å². The van der Waals surface area contributed by atoms with Gasteiger partial charge in [0.05, 0.1) is 0 Å². The summed E-state index contributed by atoms with van der Waals surface area (Å²) in [6.45, 7) is 5.73. The van der Waals surface area contributed by atoms with Crippen LogP contribution in [0.25, 0.3) is 0 Å². The van der Waals surface area contributed by atoms with E-state index in [1.54, 1.807) is 6.07 Å². The zero-order valence-corrected chi connectivity index (χ0v) is 12.9. The first-order valence-corrected chi connectivity index (χ1v) is 7.65. The van der Waals surface area contributed by atoms with E-state index in [2.05, 4.69) is 23.8 Å². The molecule has 0 aliphatic carbocycles. The van der Waals surface area contributed by atoms with Gasteiger partial charge in [0, 0.05) is 30.7 Å². The average Bonchev–Trinajstić information content (AvgIpc) is 2.63. The molecule has 0 amide bonds. The Balaban J connectivity index is 2.09. The highest BCUT2D eigenvalue weighted by Crippen LogP contribution is 2.21. The summed E-state index contributed by atoms with van der Waals surface area (Å²) >= 11 is 0. The molecule has 1 aromatic carbocycles. The SMILES string of the molecule is CCC1CN(C)CCCN1CC(N)c1cccc(F)c1F. The molecule has 1 aromatic rings. The molecule has 1 aliphatic heterocycles. The lowest BCUT2D eigenvalue weighted by atomic mass is 10.0. The Labute approximate surface area is 125 Å². The van der Waals surface area contributed by atoms with Crippen molar-refractivity contribution >= 4 is 0 Å². The Hall–Kier alpha value is -1.04. The molecule has 2 unspecified atom stereocenters. The second kappa shape index (κ2) is 7.29. The van der Waals surface area contributed by atoms with Crippen molar-refractivity contribution in [2.45, 2.75) is 31.8 Å². The van der Waals surface area contributed by atoms with Gasteiger partial charge in [0.1, 0.15) is 0 Å². The van der Waals surface area contributed by atoms with E-state index in [4.69, 9.17) is 5.73 Å². The van der Waals surface area contributed by atoms with Crippen LogP contribution in [0.4, 0.5) is 8.78 Å².